The van der Waals surface area contributed by atoms with Gasteiger partial charge in [-0.25, -0.2) is 0 Å². The Morgan fingerprint density at radius 3 is 2.95 bits per heavy atom. The van der Waals surface area contributed by atoms with Crippen LogP contribution < -0.4 is 10.5 Å². The van der Waals surface area contributed by atoms with Crippen LogP contribution in [-0.4, -0.2) is 43.9 Å². The average molecular weight is 264 g/mol. The van der Waals surface area contributed by atoms with Gasteiger partial charge in [-0.05, 0) is 19.9 Å². The van der Waals surface area contributed by atoms with Crippen LogP contribution in [0.4, 0.5) is 0 Å². The minimum Gasteiger partial charge on any atom is -0.494 e. The highest BCUT2D eigenvalue weighted by atomic mass is 16.5. The molecular formula is C15H24N2O2. The summed E-state index contributed by atoms with van der Waals surface area (Å²) in [7, 11) is 0. The minimum absolute atomic E-state index is 0.203. The van der Waals surface area contributed by atoms with Crippen molar-refractivity contribution in [3.05, 3.63) is 29.8 Å². The SMILES string of the molecule is CCOc1ccccc1C(CN)N1CCOC(C)C1. The predicted molar refractivity (Wildman–Crippen MR) is 76.4 cm³/mol. The zero-order valence-corrected chi connectivity index (χ0v) is 11.8. The van der Waals surface area contributed by atoms with Crippen molar-refractivity contribution in [2.45, 2.75) is 26.0 Å². The van der Waals surface area contributed by atoms with E-state index < -0.39 is 0 Å². The van der Waals surface area contributed by atoms with E-state index in [9.17, 15) is 0 Å². The molecule has 19 heavy (non-hydrogen) atoms. The van der Waals surface area contributed by atoms with Gasteiger partial charge in [0, 0.05) is 25.2 Å². The maximum Gasteiger partial charge on any atom is 0.124 e. The topological polar surface area (TPSA) is 47.7 Å². The molecule has 1 aliphatic heterocycles. The van der Waals surface area contributed by atoms with Crippen LogP contribution in [0.3, 0.4) is 0 Å². The number of nitrogens with zero attached hydrogens (tertiary/aromatic N) is 1. The van der Waals surface area contributed by atoms with Crippen molar-refractivity contribution >= 4 is 0 Å². The second-order valence-electron chi connectivity index (χ2n) is 4.90. The number of para-hydroxylation sites is 1. The second-order valence-corrected chi connectivity index (χ2v) is 4.90. The summed E-state index contributed by atoms with van der Waals surface area (Å²) in [6.07, 6.45) is 0.266. The third kappa shape index (κ3) is 3.47. The van der Waals surface area contributed by atoms with Gasteiger partial charge < -0.3 is 15.2 Å². The van der Waals surface area contributed by atoms with Crippen LogP contribution in [-0.2, 0) is 4.74 Å². The Labute approximate surface area is 115 Å². The van der Waals surface area contributed by atoms with Crippen LogP contribution in [0.15, 0.2) is 24.3 Å². The zero-order chi connectivity index (χ0) is 13.7. The van der Waals surface area contributed by atoms with Gasteiger partial charge in [-0.1, -0.05) is 18.2 Å². The maximum absolute atomic E-state index is 6.01. The number of benzene rings is 1. The van der Waals surface area contributed by atoms with E-state index in [-0.39, 0.29) is 12.1 Å². The molecule has 0 aliphatic carbocycles. The van der Waals surface area contributed by atoms with Gasteiger partial charge in [0.25, 0.3) is 0 Å². The molecule has 0 saturated carbocycles. The van der Waals surface area contributed by atoms with E-state index in [1.165, 1.54) is 5.56 Å². The number of rotatable bonds is 5. The fraction of sp³-hybridized carbons (Fsp3) is 0.600. The van der Waals surface area contributed by atoms with Gasteiger partial charge in [-0.2, -0.15) is 0 Å². The van der Waals surface area contributed by atoms with Crippen LogP contribution in [0, 0.1) is 0 Å². The molecule has 2 rings (SSSR count). The monoisotopic (exact) mass is 264 g/mol. The molecule has 2 unspecified atom stereocenters. The quantitative estimate of drug-likeness (QED) is 0.881. The van der Waals surface area contributed by atoms with E-state index in [0.717, 1.165) is 25.4 Å². The van der Waals surface area contributed by atoms with Gasteiger partial charge in [-0.3, -0.25) is 4.90 Å². The Bertz CT molecular complexity index is 397. The number of morpholine rings is 1. The molecule has 1 heterocycles. The Morgan fingerprint density at radius 2 is 2.26 bits per heavy atom. The first-order valence-electron chi connectivity index (χ1n) is 7.03. The molecule has 106 valence electrons. The molecule has 0 amide bonds. The lowest BCUT2D eigenvalue weighted by Gasteiger charge is -2.37. The van der Waals surface area contributed by atoms with E-state index in [1.807, 2.05) is 25.1 Å². The van der Waals surface area contributed by atoms with Crippen LogP contribution in [0.5, 0.6) is 5.75 Å². The van der Waals surface area contributed by atoms with Gasteiger partial charge in [0.1, 0.15) is 5.75 Å². The van der Waals surface area contributed by atoms with Crippen molar-refractivity contribution in [1.29, 1.82) is 0 Å². The molecule has 4 heteroatoms. The zero-order valence-electron chi connectivity index (χ0n) is 11.8. The normalized spacial score (nSPS) is 22.2. The Balaban J connectivity index is 2.20. The van der Waals surface area contributed by atoms with Crippen LogP contribution in [0.25, 0.3) is 0 Å². The summed E-state index contributed by atoms with van der Waals surface area (Å²) in [5.74, 6) is 0.944. The first kappa shape index (κ1) is 14.3. The second kappa shape index (κ2) is 6.89. The van der Waals surface area contributed by atoms with Crippen molar-refractivity contribution in [3.8, 4) is 5.75 Å². The lowest BCUT2D eigenvalue weighted by molar-refractivity contribution is -0.0336. The largest absolute Gasteiger partial charge is 0.494 e. The molecule has 0 spiro atoms. The Morgan fingerprint density at radius 1 is 1.47 bits per heavy atom. The fourth-order valence-electron chi connectivity index (χ4n) is 2.64. The molecule has 0 bridgehead atoms. The molecule has 0 radical (unpaired) electrons. The van der Waals surface area contributed by atoms with Gasteiger partial charge >= 0.3 is 0 Å². The molecule has 4 nitrogen and oxygen atoms in total. The molecule has 1 aliphatic rings. The standard InChI is InChI=1S/C15H24N2O2/c1-3-18-15-7-5-4-6-13(15)14(10-16)17-8-9-19-12(2)11-17/h4-7,12,14H,3,8-11,16H2,1-2H3. The van der Waals surface area contributed by atoms with Gasteiger partial charge in [-0.15, -0.1) is 0 Å². The van der Waals surface area contributed by atoms with E-state index in [0.29, 0.717) is 13.2 Å². The average Bonchev–Trinajstić information content (AvgIpc) is 2.42. The van der Waals surface area contributed by atoms with Gasteiger partial charge in [0.2, 0.25) is 0 Å². The minimum atomic E-state index is 0.203. The van der Waals surface area contributed by atoms with Crippen LogP contribution >= 0.6 is 0 Å². The predicted octanol–water partition coefficient (Wildman–Crippen LogP) is 1.81. The van der Waals surface area contributed by atoms with Crippen LogP contribution in [0.1, 0.15) is 25.5 Å². The summed E-state index contributed by atoms with van der Waals surface area (Å²) < 4.78 is 11.3. The first-order chi connectivity index (χ1) is 9.26. The van der Waals surface area contributed by atoms with E-state index in [4.69, 9.17) is 15.2 Å². The van der Waals surface area contributed by atoms with Crippen LogP contribution in [0.2, 0.25) is 0 Å². The van der Waals surface area contributed by atoms with Crippen molar-refractivity contribution in [1.82, 2.24) is 4.90 Å². The summed E-state index contributed by atoms with van der Waals surface area (Å²) in [5.41, 5.74) is 7.19. The number of hydrogen-bond acceptors (Lipinski definition) is 4. The number of ether oxygens (including phenoxy) is 2. The highest BCUT2D eigenvalue weighted by molar-refractivity contribution is 5.36. The van der Waals surface area contributed by atoms with Crippen molar-refractivity contribution in [2.24, 2.45) is 5.73 Å². The molecule has 1 aromatic rings. The summed E-state index contributed by atoms with van der Waals surface area (Å²) in [6, 6.07) is 8.39. The van der Waals surface area contributed by atoms with E-state index in [1.54, 1.807) is 0 Å². The van der Waals surface area contributed by atoms with Gasteiger partial charge in [0.15, 0.2) is 0 Å². The molecule has 1 aromatic carbocycles. The summed E-state index contributed by atoms with van der Waals surface area (Å²) in [6.45, 7) is 7.99. The Kier molecular flexibility index (Phi) is 5.19. The summed E-state index contributed by atoms with van der Waals surface area (Å²) >= 11 is 0. The Hall–Kier alpha value is -1.10. The van der Waals surface area contributed by atoms with E-state index >= 15 is 0 Å². The molecular weight excluding hydrogens is 240 g/mol. The maximum atomic E-state index is 6.01. The third-order valence-corrected chi connectivity index (χ3v) is 3.51. The highest BCUT2D eigenvalue weighted by Crippen LogP contribution is 2.29. The van der Waals surface area contributed by atoms with Gasteiger partial charge in [0.05, 0.1) is 25.4 Å². The van der Waals surface area contributed by atoms with Crippen molar-refractivity contribution < 1.29 is 9.47 Å². The molecule has 2 atom stereocenters. The number of hydrogen-bond donors (Lipinski definition) is 1. The first-order valence-corrected chi connectivity index (χ1v) is 7.03. The molecule has 0 aromatic heterocycles. The summed E-state index contributed by atoms with van der Waals surface area (Å²) in [4.78, 5) is 2.39. The smallest absolute Gasteiger partial charge is 0.124 e. The molecule has 1 saturated heterocycles. The molecule has 2 N–H and O–H groups in total. The third-order valence-electron chi connectivity index (χ3n) is 3.51. The van der Waals surface area contributed by atoms with Crippen molar-refractivity contribution in [2.75, 3.05) is 32.8 Å². The highest BCUT2D eigenvalue weighted by Gasteiger charge is 2.26. The summed E-state index contributed by atoms with van der Waals surface area (Å²) in [5, 5.41) is 0. The fourth-order valence-corrected chi connectivity index (χ4v) is 2.64. The lowest BCUT2D eigenvalue weighted by Crippen LogP contribution is -2.45. The van der Waals surface area contributed by atoms with Crippen molar-refractivity contribution in [3.63, 3.8) is 0 Å². The molecule has 1 fully saturated rings. The lowest BCUT2D eigenvalue weighted by atomic mass is 10.0. The van der Waals surface area contributed by atoms with E-state index in [2.05, 4.69) is 17.9 Å². The number of nitrogens with two attached hydrogens (primary N) is 1.